The van der Waals surface area contributed by atoms with Gasteiger partial charge in [0.05, 0.1) is 5.69 Å². The molecule has 5 rings (SSSR count). The molecular formula is C22H18F4N6O. The van der Waals surface area contributed by atoms with Crippen molar-refractivity contribution in [1.29, 1.82) is 0 Å². The summed E-state index contributed by atoms with van der Waals surface area (Å²) in [6.07, 6.45) is -2.53. The van der Waals surface area contributed by atoms with Crippen LogP contribution in [0.3, 0.4) is 0 Å². The summed E-state index contributed by atoms with van der Waals surface area (Å²) in [5.74, 6) is -0.440. The molecule has 3 heterocycles. The second kappa shape index (κ2) is 8.00. The Bertz CT molecular complexity index is 1390. The van der Waals surface area contributed by atoms with Crippen LogP contribution in [0, 0.1) is 5.82 Å². The standard InChI is InChI=1S/C22H18F4N6O/c23-15-2-5-17(6-3-15)32-19-18(20(33)31(32)12-22(24,25)26)11-28-21(30-19)29-16-4-1-13-7-8-27-10-14(13)9-16/h1-6,9,11,27H,7-8,10,12H2,(H,28,29,30). The fourth-order valence-corrected chi connectivity index (χ4v) is 3.93. The molecule has 0 bridgehead atoms. The molecule has 11 heteroatoms. The number of nitrogens with one attached hydrogen (secondary N) is 2. The highest BCUT2D eigenvalue weighted by molar-refractivity contribution is 5.77. The molecule has 1 aliphatic heterocycles. The number of benzene rings is 2. The predicted octanol–water partition coefficient (Wildman–Crippen LogP) is 3.67. The molecule has 170 valence electrons. The quantitative estimate of drug-likeness (QED) is 0.457. The van der Waals surface area contributed by atoms with Crippen molar-refractivity contribution in [3.63, 3.8) is 0 Å². The molecule has 0 spiro atoms. The van der Waals surface area contributed by atoms with Crippen LogP contribution < -0.4 is 16.2 Å². The van der Waals surface area contributed by atoms with E-state index in [2.05, 4.69) is 20.6 Å². The van der Waals surface area contributed by atoms with E-state index in [9.17, 15) is 22.4 Å². The molecule has 33 heavy (non-hydrogen) atoms. The maximum Gasteiger partial charge on any atom is 0.408 e. The highest BCUT2D eigenvalue weighted by atomic mass is 19.4. The summed E-state index contributed by atoms with van der Waals surface area (Å²) in [5.41, 5.74) is 2.34. The van der Waals surface area contributed by atoms with Crippen molar-refractivity contribution in [2.24, 2.45) is 0 Å². The van der Waals surface area contributed by atoms with Gasteiger partial charge >= 0.3 is 6.18 Å². The molecule has 0 atom stereocenters. The monoisotopic (exact) mass is 458 g/mol. The molecule has 0 saturated carbocycles. The average molecular weight is 458 g/mol. The maximum atomic E-state index is 13.4. The van der Waals surface area contributed by atoms with Gasteiger partial charge in [-0.1, -0.05) is 6.07 Å². The molecule has 0 unspecified atom stereocenters. The van der Waals surface area contributed by atoms with Gasteiger partial charge in [0.1, 0.15) is 17.7 Å². The van der Waals surface area contributed by atoms with E-state index in [1.54, 1.807) is 0 Å². The highest BCUT2D eigenvalue weighted by Crippen LogP contribution is 2.24. The summed E-state index contributed by atoms with van der Waals surface area (Å²) in [5, 5.41) is 6.27. The van der Waals surface area contributed by atoms with E-state index in [1.165, 1.54) is 23.9 Å². The van der Waals surface area contributed by atoms with Crippen LogP contribution in [-0.4, -0.2) is 32.1 Å². The molecule has 0 saturated heterocycles. The minimum atomic E-state index is -4.65. The number of aromatic nitrogens is 4. The van der Waals surface area contributed by atoms with Gasteiger partial charge in [0, 0.05) is 18.4 Å². The first-order valence-electron chi connectivity index (χ1n) is 10.2. The Hall–Kier alpha value is -3.73. The highest BCUT2D eigenvalue weighted by Gasteiger charge is 2.32. The summed E-state index contributed by atoms with van der Waals surface area (Å²) >= 11 is 0. The first-order valence-corrected chi connectivity index (χ1v) is 10.2. The molecule has 7 nitrogen and oxygen atoms in total. The van der Waals surface area contributed by atoms with Gasteiger partial charge in [-0.05, 0) is 60.5 Å². The number of hydrogen-bond donors (Lipinski definition) is 2. The van der Waals surface area contributed by atoms with Gasteiger partial charge in [0.2, 0.25) is 5.95 Å². The van der Waals surface area contributed by atoms with Crippen molar-refractivity contribution in [3.8, 4) is 5.69 Å². The fourth-order valence-electron chi connectivity index (χ4n) is 3.93. The second-order valence-electron chi connectivity index (χ2n) is 7.73. The lowest BCUT2D eigenvalue weighted by Crippen LogP contribution is -2.30. The zero-order valence-corrected chi connectivity index (χ0v) is 17.2. The van der Waals surface area contributed by atoms with Crippen molar-refractivity contribution in [2.45, 2.75) is 25.7 Å². The van der Waals surface area contributed by atoms with Crippen molar-refractivity contribution in [1.82, 2.24) is 24.6 Å². The molecule has 0 aliphatic carbocycles. The number of nitrogens with zero attached hydrogens (tertiary/aromatic N) is 4. The molecule has 1 aliphatic rings. The summed E-state index contributed by atoms with van der Waals surface area (Å²) in [6, 6.07) is 10.6. The van der Waals surface area contributed by atoms with E-state index in [0.29, 0.717) is 10.4 Å². The van der Waals surface area contributed by atoms with Crippen LogP contribution in [0.5, 0.6) is 0 Å². The van der Waals surface area contributed by atoms with Gasteiger partial charge in [-0.3, -0.25) is 4.79 Å². The number of hydrogen-bond acceptors (Lipinski definition) is 5. The van der Waals surface area contributed by atoms with Gasteiger partial charge in [-0.2, -0.15) is 18.2 Å². The Morgan fingerprint density at radius 2 is 1.88 bits per heavy atom. The third-order valence-electron chi connectivity index (χ3n) is 5.42. The predicted molar refractivity (Wildman–Crippen MR) is 114 cm³/mol. The first kappa shape index (κ1) is 21.1. The van der Waals surface area contributed by atoms with Crippen molar-refractivity contribution < 1.29 is 17.6 Å². The molecule has 2 aromatic carbocycles. The molecular weight excluding hydrogens is 440 g/mol. The van der Waals surface area contributed by atoms with Gasteiger partial charge in [-0.25, -0.2) is 18.7 Å². The SMILES string of the molecule is O=c1c2cnc(Nc3ccc4c(c3)CNCC4)nc2n(-c2ccc(F)cc2)n1CC(F)(F)F. The Balaban J connectivity index is 1.61. The minimum Gasteiger partial charge on any atom is -0.324 e. The van der Waals surface area contributed by atoms with E-state index in [-0.39, 0.29) is 22.7 Å². The lowest BCUT2D eigenvalue weighted by molar-refractivity contribution is -0.144. The lowest BCUT2D eigenvalue weighted by atomic mass is 10.0. The molecule has 4 aromatic rings. The summed E-state index contributed by atoms with van der Waals surface area (Å²) in [4.78, 5) is 21.2. The van der Waals surface area contributed by atoms with Crippen molar-refractivity contribution in [3.05, 3.63) is 76.0 Å². The normalized spacial score (nSPS) is 13.8. The van der Waals surface area contributed by atoms with Gasteiger partial charge in [0.15, 0.2) is 5.65 Å². The smallest absolute Gasteiger partial charge is 0.324 e. The van der Waals surface area contributed by atoms with Crippen LogP contribution in [0.2, 0.25) is 0 Å². The topological polar surface area (TPSA) is 76.8 Å². The Labute approximate surface area is 184 Å². The average Bonchev–Trinajstić information content (AvgIpc) is 3.04. The van der Waals surface area contributed by atoms with E-state index in [1.807, 2.05) is 18.2 Å². The lowest BCUT2D eigenvalue weighted by Gasteiger charge is -2.18. The van der Waals surface area contributed by atoms with Crippen LogP contribution >= 0.6 is 0 Å². The van der Waals surface area contributed by atoms with Crippen LogP contribution in [0.1, 0.15) is 11.1 Å². The maximum absolute atomic E-state index is 13.4. The Morgan fingerprint density at radius 1 is 1.09 bits per heavy atom. The molecule has 2 N–H and O–H groups in total. The number of alkyl halides is 3. The second-order valence-corrected chi connectivity index (χ2v) is 7.73. The Morgan fingerprint density at radius 3 is 2.64 bits per heavy atom. The number of rotatable bonds is 4. The van der Waals surface area contributed by atoms with E-state index in [0.717, 1.165) is 41.9 Å². The number of fused-ring (bicyclic) bond motifs is 2. The summed E-state index contributed by atoms with van der Waals surface area (Å²) < 4.78 is 54.7. The third-order valence-corrected chi connectivity index (χ3v) is 5.42. The number of anilines is 2. The van der Waals surface area contributed by atoms with Crippen molar-refractivity contribution in [2.75, 3.05) is 11.9 Å². The minimum absolute atomic E-state index is 0.0204. The van der Waals surface area contributed by atoms with Crippen LogP contribution in [0.15, 0.2) is 53.5 Å². The van der Waals surface area contributed by atoms with Crippen LogP contribution in [0.4, 0.5) is 29.2 Å². The van der Waals surface area contributed by atoms with E-state index >= 15 is 0 Å². The largest absolute Gasteiger partial charge is 0.408 e. The van der Waals surface area contributed by atoms with Gasteiger partial charge < -0.3 is 10.6 Å². The first-order chi connectivity index (χ1) is 15.8. The van der Waals surface area contributed by atoms with Crippen LogP contribution in [0.25, 0.3) is 16.7 Å². The van der Waals surface area contributed by atoms with Crippen LogP contribution in [-0.2, 0) is 19.5 Å². The third kappa shape index (κ3) is 4.19. The zero-order valence-electron chi connectivity index (χ0n) is 17.2. The number of halogens is 4. The fraction of sp³-hybridized carbons (Fsp3) is 0.227. The van der Waals surface area contributed by atoms with E-state index < -0.39 is 24.1 Å². The zero-order chi connectivity index (χ0) is 23.2. The van der Waals surface area contributed by atoms with Gasteiger partial charge in [-0.15, -0.1) is 0 Å². The molecule has 2 aromatic heterocycles. The van der Waals surface area contributed by atoms with Crippen molar-refractivity contribution >= 4 is 22.7 Å². The molecule has 0 fully saturated rings. The summed E-state index contributed by atoms with van der Waals surface area (Å²) in [6.45, 7) is 0.116. The van der Waals surface area contributed by atoms with Gasteiger partial charge in [0.25, 0.3) is 5.56 Å². The Kier molecular flexibility index (Phi) is 5.12. The molecule has 0 radical (unpaired) electrons. The molecule has 0 amide bonds. The van der Waals surface area contributed by atoms with E-state index in [4.69, 9.17) is 0 Å². The summed E-state index contributed by atoms with van der Waals surface area (Å²) in [7, 11) is 0.